The highest BCUT2D eigenvalue weighted by Gasteiger charge is 2.43. The number of hydrazone groups is 1. The predicted molar refractivity (Wildman–Crippen MR) is 78.5 cm³/mol. The lowest BCUT2D eigenvalue weighted by molar-refractivity contribution is -0.253. The number of amides is 1. The van der Waals surface area contributed by atoms with Crippen molar-refractivity contribution < 1.29 is 27.1 Å². The van der Waals surface area contributed by atoms with E-state index in [1.54, 1.807) is 29.9 Å². The topological polar surface area (TPSA) is 55.6 Å². The van der Waals surface area contributed by atoms with Gasteiger partial charge in [0.25, 0.3) is 5.91 Å². The van der Waals surface area contributed by atoms with Crippen molar-refractivity contribution in [1.29, 1.82) is 0 Å². The SMILES string of the molecule is Cn1cccc1/C=N\NC(=O)c1ccc(OC(F)(F)C(F)F)cc1. The molecule has 1 aromatic heterocycles. The fraction of sp³-hybridized carbons (Fsp3) is 0.200. The zero-order valence-corrected chi connectivity index (χ0v) is 12.4. The van der Waals surface area contributed by atoms with Crippen molar-refractivity contribution in [2.75, 3.05) is 0 Å². The molecule has 5 nitrogen and oxygen atoms in total. The minimum atomic E-state index is -4.59. The van der Waals surface area contributed by atoms with Gasteiger partial charge in [-0.15, -0.1) is 0 Å². The number of nitrogens with zero attached hydrogens (tertiary/aromatic N) is 2. The van der Waals surface area contributed by atoms with Crippen LogP contribution in [-0.2, 0) is 7.05 Å². The van der Waals surface area contributed by atoms with Crippen LogP contribution in [0.5, 0.6) is 5.75 Å². The van der Waals surface area contributed by atoms with Gasteiger partial charge in [0.2, 0.25) is 0 Å². The summed E-state index contributed by atoms with van der Waals surface area (Å²) < 4.78 is 55.2. The normalized spacial score (nSPS) is 11.9. The van der Waals surface area contributed by atoms with Gasteiger partial charge in [0.15, 0.2) is 0 Å². The van der Waals surface area contributed by atoms with Gasteiger partial charge >= 0.3 is 12.5 Å². The van der Waals surface area contributed by atoms with Gasteiger partial charge in [0, 0.05) is 18.8 Å². The number of nitrogens with one attached hydrogen (secondary N) is 1. The van der Waals surface area contributed by atoms with Gasteiger partial charge in [-0.05, 0) is 36.4 Å². The van der Waals surface area contributed by atoms with Crippen LogP contribution in [0.15, 0.2) is 47.7 Å². The van der Waals surface area contributed by atoms with Crippen molar-refractivity contribution in [3.8, 4) is 5.75 Å². The molecule has 0 saturated heterocycles. The summed E-state index contributed by atoms with van der Waals surface area (Å²) in [6.07, 6.45) is -5.31. The number of hydrogen-bond donors (Lipinski definition) is 1. The summed E-state index contributed by atoms with van der Waals surface area (Å²) in [5, 5.41) is 3.76. The maximum Gasteiger partial charge on any atom is 0.461 e. The summed E-state index contributed by atoms with van der Waals surface area (Å²) in [5.74, 6) is -1.07. The van der Waals surface area contributed by atoms with E-state index in [1.807, 2.05) is 0 Å². The third-order valence-corrected chi connectivity index (χ3v) is 2.97. The van der Waals surface area contributed by atoms with Gasteiger partial charge in [0.05, 0.1) is 11.9 Å². The van der Waals surface area contributed by atoms with Crippen molar-refractivity contribution in [2.45, 2.75) is 12.5 Å². The number of ether oxygens (including phenoxy) is 1. The zero-order chi connectivity index (χ0) is 17.7. The first kappa shape index (κ1) is 17.5. The number of carbonyl (C=O) groups is 1. The molecule has 0 aliphatic heterocycles. The Bertz CT molecular complexity index is 727. The molecule has 0 bridgehead atoms. The highest BCUT2D eigenvalue weighted by Crippen LogP contribution is 2.27. The second-order valence-corrected chi connectivity index (χ2v) is 4.73. The molecule has 0 aliphatic rings. The molecule has 0 spiro atoms. The number of benzene rings is 1. The van der Waals surface area contributed by atoms with Crippen molar-refractivity contribution in [3.05, 3.63) is 53.9 Å². The van der Waals surface area contributed by atoms with E-state index in [9.17, 15) is 22.4 Å². The smallest absolute Gasteiger partial charge is 0.428 e. The average molecular weight is 343 g/mol. The van der Waals surface area contributed by atoms with E-state index in [2.05, 4.69) is 15.3 Å². The summed E-state index contributed by atoms with van der Waals surface area (Å²) >= 11 is 0. The molecule has 0 aliphatic carbocycles. The molecule has 0 unspecified atom stereocenters. The molecule has 0 radical (unpaired) electrons. The first-order valence-electron chi connectivity index (χ1n) is 6.69. The van der Waals surface area contributed by atoms with E-state index in [-0.39, 0.29) is 5.56 Å². The van der Waals surface area contributed by atoms with Gasteiger partial charge in [-0.1, -0.05) is 0 Å². The Balaban J connectivity index is 1.96. The molecular formula is C15H13F4N3O2. The number of hydrogen-bond acceptors (Lipinski definition) is 3. The summed E-state index contributed by atoms with van der Waals surface area (Å²) in [6.45, 7) is 0. The van der Waals surface area contributed by atoms with Crippen LogP contribution in [0.1, 0.15) is 16.1 Å². The summed E-state index contributed by atoms with van der Waals surface area (Å²) in [7, 11) is 1.80. The quantitative estimate of drug-likeness (QED) is 0.498. The van der Waals surface area contributed by atoms with Crippen LogP contribution in [0.2, 0.25) is 0 Å². The van der Waals surface area contributed by atoms with E-state index >= 15 is 0 Å². The monoisotopic (exact) mass is 343 g/mol. The Labute approximate surface area is 134 Å². The maximum absolute atomic E-state index is 12.8. The minimum Gasteiger partial charge on any atom is -0.428 e. The van der Waals surface area contributed by atoms with E-state index < -0.39 is 24.2 Å². The van der Waals surface area contributed by atoms with Crippen molar-refractivity contribution in [3.63, 3.8) is 0 Å². The summed E-state index contributed by atoms with van der Waals surface area (Å²) in [4.78, 5) is 11.8. The number of rotatable bonds is 6. The van der Waals surface area contributed by atoms with Crippen LogP contribution in [0.4, 0.5) is 17.6 Å². The molecule has 0 saturated carbocycles. The van der Waals surface area contributed by atoms with E-state index in [1.165, 1.54) is 6.21 Å². The molecule has 1 heterocycles. The molecular weight excluding hydrogens is 330 g/mol. The van der Waals surface area contributed by atoms with Gasteiger partial charge in [-0.25, -0.2) is 5.43 Å². The number of carbonyl (C=O) groups excluding carboxylic acids is 1. The van der Waals surface area contributed by atoms with Crippen molar-refractivity contribution in [1.82, 2.24) is 9.99 Å². The molecule has 24 heavy (non-hydrogen) atoms. The maximum atomic E-state index is 12.8. The molecule has 9 heteroatoms. The van der Waals surface area contributed by atoms with Crippen LogP contribution in [0.3, 0.4) is 0 Å². The lowest BCUT2D eigenvalue weighted by atomic mass is 10.2. The van der Waals surface area contributed by atoms with Gasteiger partial charge in [-0.2, -0.15) is 22.7 Å². The fourth-order valence-electron chi connectivity index (χ4n) is 1.71. The number of aromatic nitrogens is 1. The molecule has 2 aromatic rings. The van der Waals surface area contributed by atoms with E-state index in [4.69, 9.17) is 0 Å². The third kappa shape index (κ3) is 4.34. The lowest BCUT2D eigenvalue weighted by Crippen LogP contribution is -2.33. The van der Waals surface area contributed by atoms with Crippen molar-refractivity contribution in [2.24, 2.45) is 12.1 Å². The number of halogens is 4. The predicted octanol–water partition coefficient (Wildman–Crippen LogP) is 3.03. The average Bonchev–Trinajstić information content (AvgIpc) is 2.93. The van der Waals surface area contributed by atoms with Crippen LogP contribution in [-0.4, -0.2) is 29.2 Å². The molecule has 0 fully saturated rings. The van der Waals surface area contributed by atoms with Gasteiger partial charge in [-0.3, -0.25) is 4.79 Å². The Hall–Kier alpha value is -2.84. The summed E-state index contributed by atoms with van der Waals surface area (Å²) in [6, 6.07) is 7.88. The highest BCUT2D eigenvalue weighted by molar-refractivity contribution is 5.94. The first-order chi connectivity index (χ1) is 11.3. The van der Waals surface area contributed by atoms with Gasteiger partial charge < -0.3 is 9.30 Å². The van der Waals surface area contributed by atoms with Crippen LogP contribution < -0.4 is 10.2 Å². The van der Waals surface area contributed by atoms with Crippen molar-refractivity contribution >= 4 is 12.1 Å². The Kier molecular flexibility index (Phi) is 5.22. The molecule has 128 valence electrons. The third-order valence-electron chi connectivity index (χ3n) is 2.97. The number of aryl methyl sites for hydroxylation is 1. The Morgan fingerprint density at radius 2 is 1.96 bits per heavy atom. The van der Waals surface area contributed by atoms with Gasteiger partial charge in [0.1, 0.15) is 5.75 Å². The van der Waals surface area contributed by atoms with E-state index in [0.717, 1.165) is 30.0 Å². The second kappa shape index (κ2) is 7.16. The molecule has 2 rings (SSSR count). The Morgan fingerprint density at radius 3 is 2.50 bits per heavy atom. The summed E-state index contributed by atoms with van der Waals surface area (Å²) in [5.41, 5.74) is 3.12. The largest absolute Gasteiger partial charge is 0.461 e. The van der Waals surface area contributed by atoms with E-state index in [0.29, 0.717) is 0 Å². The number of alkyl halides is 4. The van der Waals surface area contributed by atoms with Crippen LogP contribution >= 0.6 is 0 Å². The van der Waals surface area contributed by atoms with Crippen LogP contribution in [0.25, 0.3) is 0 Å². The standard InChI is InChI=1S/C15H13F4N3O2/c1-22-8-2-3-11(22)9-20-21-13(23)10-4-6-12(7-5-10)24-15(18,19)14(16)17/h2-9,14H,1H3,(H,21,23)/b20-9-. The molecule has 1 N–H and O–H groups in total. The Morgan fingerprint density at radius 1 is 1.29 bits per heavy atom. The lowest BCUT2D eigenvalue weighted by Gasteiger charge is -2.16. The van der Waals surface area contributed by atoms with Crippen LogP contribution in [0, 0.1) is 0 Å². The minimum absolute atomic E-state index is 0.103. The molecule has 1 amide bonds. The first-order valence-corrected chi connectivity index (χ1v) is 6.69. The zero-order valence-electron chi connectivity index (χ0n) is 12.4. The highest BCUT2D eigenvalue weighted by atomic mass is 19.3. The fourth-order valence-corrected chi connectivity index (χ4v) is 1.71. The second-order valence-electron chi connectivity index (χ2n) is 4.73. The molecule has 0 atom stereocenters. The molecule has 1 aromatic carbocycles.